The van der Waals surface area contributed by atoms with Gasteiger partial charge in [0.15, 0.2) is 5.69 Å². The number of alkyl halides is 3. The fourth-order valence-electron chi connectivity index (χ4n) is 3.77. The van der Waals surface area contributed by atoms with E-state index in [-0.39, 0.29) is 24.4 Å². The molecular formula is C27H33F3N4O2. The highest BCUT2D eigenvalue weighted by Crippen LogP contribution is 2.30. The van der Waals surface area contributed by atoms with Crippen LogP contribution in [0.5, 0.6) is 5.88 Å². The van der Waals surface area contributed by atoms with E-state index in [1.54, 1.807) is 23.3 Å². The zero-order valence-electron chi connectivity index (χ0n) is 21.4. The molecule has 6 nitrogen and oxygen atoms in total. The van der Waals surface area contributed by atoms with Gasteiger partial charge in [0.1, 0.15) is 6.61 Å². The van der Waals surface area contributed by atoms with Gasteiger partial charge in [0.25, 0.3) is 5.91 Å². The van der Waals surface area contributed by atoms with Crippen molar-refractivity contribution in [1.82, 2.24) is 14.9 Å². The monoisotopic (exact) mass is 502 g/mol. The van der Waals surface area contributed by atoms with Crippen molar-refractivity contribution in [3.05, 3.63) is 77.5 Å². The number of nitrogens with zero attached hydrogens (tertiary/aromatic N) is 4. The third-order valence-electron chi connectivity index (χ3n) is 5.70. The second kappa shape index (κ2) is 13.0. The van der Waals surface area contributed by atoms with Crippen LogP contribution >= 0.6 is 0 Å². The van der Waals surface area contributed by atoms with Gasteiger partial charge in [-0.05, 0) is 46.6 Å². The Labute approximate surface area is 210 Å². The summed E-state index contributed by atoms with van der Waals surface area (Å²) in [5, 5.41) is 0. The Balaban J connectivity index is 2.31. The van der Waals surface area contributed by atoms with Crippen molar-refractivity contribution in [3.8, 4) is 5.88 Å². The van der Waals surface area contributed by atoms with Crippen molar-refractivity contribution in [2.75, 3.05) is 13.2 Å². The maximum atomic E-state index is 13.9. The average Bonchev–Trinajstić information content (AvgIpc) is 3.01. The van der Waals surface area contributed by atoms with Gasteiger partial charge in [-0.3, -0.25) is 9.79 Å². The van der Waals surface area contributed by atoms with Crippen LogP contribution in [0.4, 0.5) is 13.2 Å². The normalized spacial score (nSPS) is 15.8. The number of aromatic nitrogens is 2. The summed E-state index contributed by atoms with van der Waals surface area (Å²) in [6, 6.07) is -0.381. The molecule has 0 bridgehead atoms. The van der Waals surface area contributed by atoms with E-state index in [0.29, 0.717) is 36.9 Å². The lowest BCUT2D eigenvalue weighted by molar-refractivity contribution is -0.141. The van der Waals surface area contributed by atoms with E-state index in [1.807, 2.05) is 46.8 Å². The molecule has 0 N–H and O–H groups in total. The lowest BCUT2D eigenvalue weighted by atomic mass is 9.92. The summed E-state index contributed by atoms with van der Waals surface area (Å²) in [6.07, 6.45) is 7.28. The first-order valence-electron chi connectivity index (χ1n) is 11.8. The molecule has 2 rings (SSSR count). The van der Waals surface area contributed by atoms with Gasteiger partial charge >= 0.3 is 6.18 Å². The van der Waals surface area contributed by atoms with Crippen LogP contribution in [-0.2, 0) is 11.0 Å². The van der Waals surface area contributed by atoms with Crippen LogP contribution in [0, 0.1) is 0 Å². The number of carbonyl (C=O) groups excluding carboxylic acids is 1. The highest BCUT2D eigenvalue weighted by Gasteiger charge is 2.33. The fourth-order valence-corrected chi connectivity index (χ4v) is 3.77. The number of aliphatic imine (C=N–C) groups is 1. The summed E-state index contributed by atoms with van der Waals surface area (Å²) in [6.45, 7) is 13.7. The van der Waals surface area contributed by atoms with Gasteiger partial charge in [-0.2, -0.15) is 13.2 Å². The van der Waals surface area contributed by atoms with Crippen molar-refractivity contribution < 1.29 is 22.7 Å². The van der Waals surface area contributed by atoms with Crippen molar-refractivity contribution in [1.29, 1.82) is 0 Å². The molecule has 9 heteroatoms. The molecule has 0 aliphatic heterocycles. The molecular weight excluding hydrogens is 469 g/mol. The van der Waals surface area contributed by atoms with Gasteiger partial charge in [-0.25, -0.2) is 9.97 Å². The predicted octanol–water partition coefficient (Wildman–Crippen LogP) is 6.25. The molecule has 0 radical (unpaired) electrons. The number of ether oxygens (including phenoxy) is 1. The van der Waals surface area contributed by atoms with E-state index < -0.39 is 11.9 Å². The highest BCUT2D eigenvalue weighted by molar-refractivity contribution is 6.14. The summed E-state index contributed by atoms with van der Waals surface area (Å²) in [4.78, 5) is 27.1. The molecule has 1 aromatic rings. The van der Waals surface area contributed by atoms with Crippen LogP contribution in [0.25, 0.3) is 0 Å². The van der Waals surface area contributed by atoms with E-state index in [2.05, 4.69) is 21.5 Å². The number of rotatable bonds is 10. The van der Waals surface area contributed by atoms with Crippen molar-refractivity contribution in [2.45, 2.75) is 59.7 Å². The lowest BCUT2D eigenvalue weighted by Crippen LogP contribution is -2.43. The summed E-state index contributed by atoms with van der Waals surface area (Å²) < 4.78 is 43.7. The molecule has 1 aliphatic carbocycles. The van der Waals surface area contributed by atoms with E-state index in [0.717, 1.165) is 22.9 Å². The molecule has 0 spiro atoms. The Morgan fingerprint density at radius 2 is 2.00 bits per heavy atom. The Morgan fingerprint density at radius 3 is 2.56 bits per heavy atom. The van der Waals surface area contributed by atoms with Crippen LogP contribution in [0.15, 0.2) is 76.8 Å². The molecule has 0 saturated carbocycles. The predicted molar refractivity (Wildman–Crippen MR) is 136 cm³/mol. The first-order chi connectivity index (χ1) is 17.0. The molecule has 0 saturated heterocycles. The molecule has 0 fully saturated rings. The van der Waals surface area contributed by atoms with Crippen molar-refractivity contribution in [2.24, 2.45) is 4.99 Å². The third-order valence-corrected chi connectivity index (χ3v) is 5.70. The lowest BCUT2D eigenvalue weighted by Gasteiger charge is -2.30. The molecule has 1 aromatic heterocycles. The third kappa shape index (κ3) is 7.50. The molecule has 1 aliphatic rings. The fraction of sp³-hybridized carbons (Fsp3) is 0.407. The summed E-state index contributed by atoms with van der Waals surface area (Å²) in [5.74, 6) is -0.195. The van der Waals surface area contributed by atoms with E-state index in [9.17, 15) is 18.0 Å². The Hall–Kier alpha value is -3.49. The van der Waals surface area contributed by atoms with E-state index >= 15 is 0 Å². The maximum Gasteiger partial charge on any atom is 0.434 e. The minimum absolute atomic E-state index is 0.0415. The smallest absolute Gasteiger partial charge is 0.434 e. The molecule has 1 atom stereocenters. The van der Waals surface area contributed by atoms with Crippen molar-refractivity contribution in [3.63, 3.8) is 0 Å². The second-order valence-corrected chi connectivity index (χ2v) is 8.38. The molecule has 0 unspecified atom stereocenters. The van der Waals surface area contributed by atoms with Gasteiger partial charge in [0.2, 0.25) is 5.88 Å². The molecule has 0 aromatic carbocycles. The summed E-state index contributed by atoms with van der Waals surface area (Å²) in [5.41, 5.74) is 3.13. The number of carbonyl (C=O) groups is 1. The SMILES string of the molecule is C=C/C=C\N=C(C)C1=CC=C(C)CC(CC)=C1C(=O)N(CC)[C@@H](C)COc1cnc(C(F)(F)F)cn1. The number of likely N-dealkylation sites (N-methyl/N-ethyl adjacent to an activating group) is 1. The summed E-state index contributed by atoms with van der Waals surface area (Å²) >= 11 is 0. The van der Waals surface area contributed by atoms with Crippen LogP contribution in [0.2, 0.25) is 0 Å². The maximum absolute atomic E-state index is 13.9. The molecule has 1 heterocycles. The van der Waals surface area contributed by atoms with Gasteiger partial charge in [0, 0.05) is 29.6 Å². The Morgan fingerprint density at radius 1 is 1.28 bits per heavy atom. The Bertz CT molecular complexity index is 1100. The first-order valence-corrected chi connectivity index (χ1v) is 11.8. The van der Waals surface area contributed by atoms with Crippen molar-refractivity contribution >= 4 is 11.6 Å². The molecule has 1 amide bonds. The second-order valence-electron chi connectivity index (χ2n) is 8.38. The zero-order chi connectivity index (χ0) is 26.9. The quantitative estimate of drug-likeness (QED) is 0.280. The number of hydrogen-bond donors (Lipinski definition) is 0. The van der Waals surface area contributed by atoms with Gasteiger partial charge in [0.05, 0.1) is 18.4 Å². The van der Waals surface area contributed by atoms with Crippen LogP contribution in [0.3, 0.4) is 0 Å². The number of amides is 1. The van der Waals surface area contributed by atoms with Crippen LogP contribution < -0.4 is 4.74 Å². The largest absolute Gasteiger partial charge is 0.474 e. The van der Waals surface area contributed by atoms with Crippen LogP contribution in [-0.4, -0.2) is 45.7 Å². The number of hydrogen-bond acceptors (Lipinski definition) is 5. The number of halogens is 3. The average molecular weight is 503 g/mol. The first kappa shape index (κ1) is 28.7. The zero-order valence-corrected chi connectivity index (χ0v) is 21.4. The number of allylic oxidation sites excluding steroid dienone is 6. The summed E-state index contributed by atoms with van der Waals surface area (Å²) in [7, 11) is 0. The van der Waals surface area contributed by atoms with Gasteiger partial charge < -0.3 is 9.64 Å². The Kier molecular flexibility index (Phi) is 10.4. The standard InChI is InChI=1S/C27H33F3N4O2/c1-7-10-13-31-20(6)22-12-11-18(4)14-21(8-2)25(22)26(35)34(9-3)19(5)17-36-24-16-32-23(15-33-24)27(28,29)30/h7,10-13,15-16,19H,1,8-9,14,17H2,2-6H3/b13-10-,31-20?/t19-/m0/s1. The topological polar surface area (TPSA) is 67.7 Å². The minimum Gasteiger partial charge on any atom is -0.474 e. The van der Waals surface area contributed by atoms with Gasteiger partial charge in [-0.15, -0.1) is 0 Å². The molecule has 194 valence electrons. The molecule has 36 heavy (non-hydrogen) atoms. The highest BCUT2D eigenvalue weighted by atomic mass is 19.4. The van der Waals surface area contributed by atoms with E-state index in [4.69, 9.17) is 4.74 Å². The minimum atomic E-state index is -4.57. The van der Waals surface area contributed by atoms with Gasteiger partial charge in [-0.1, -0.05) is 42.9 Å². The van der Waals surface area contributed by atoms with Crippen LogP contribution in [0.1, 0.15) is 53.2 Å². The van der Waals surface area contributed by atoms with E-state index in [1.165, 1.54) is 0 Å².